The van der Waals surface area contributed by atoms with Crippen LogP contribution in [0.1, 0.15) is 27.2 Å². The maximum atomic E-state index is 14.4. The van der Waals surface area contributed by atoms with Gasteiger partial charge in [0.15, 0.2) is 0 Å². The quantitative estimate of drug-likeness (QED) is 0.394. The van der Waals surface area contributed by atoms with E-state index in [-0.39, 0.29) is 34.9 Å². The SMILES string of the molecule is Cc1c(C(=O)O)oc2ccc(S(=O)(=O)N(CCc3ccccc3)Cc3ccccc3F)cc12. The minimum atomic E-state index is -4.03. The number of furan rings is 1. The monoisotopic (exact) mass is 467 g/mol. The molecule has 6 nitrogen and oxygen atoms in total. The van der Waals surface area contributed by atoms with Gasteiger partial charge in [-0.3, -0.25) is 0 Å². The molecule has 0 saturated carbocycles. The van der Waals surface area contributed by atoms with Crippen molar-refractivity contribution in [1.82, 2.24) is 4.31 Å². The molecule has 8 heteroatoms. The summed E-state index contributed by atoms with van der Waals surface area (Å²) in [5, 5.41) is 9.70. The number of carbonyl (C=O) groups is 1. The first-order valence-corrected chi connectivity index (χ1v) is 11.8. The van der Waals surface area contributed by atoms with E-state index in [1.165, 1.54) is 28.6 Å². The molecule has 0 saturated heterocycles. The molecular formula is C25H22FNO5S. The van der Waals surface area contributed by atoms with Gasteiger partial charge in [-0.2, -0.15) is 4.31 Å². The van der Waals surface area contributed by atoms with Crippen molar-refractivity contribution in [3.05, 3.63) is 101 Å². The fourth-order valence-electron chi connectivity index (χ4n) is 3.71. The molecule has 0 aliphatic carbocycles. The van der Waals surface area contributed by atoms with Gasteiger partial charge < -0.3 is 9.52 Å². The summed E-state index contributed by atoms with van der Waals surface area (Å²) in [4.78, 5) is 11.4. The highest BCUT2D eigenvalue weighted by molar-refractivity contribution is 7.89. The minimum absolute atomic E-state index is 0.0137. The first-order chi connectivity index (χ1) is 15.8. The van der Waals surface area contributed by atoms with Crippen molar-refractivity contribution in [2.24, 2.45) is 0 Å². The van der Waals surface area contributed by atoms with Crippen LogP contribution in [0.2, 0.25) is 0 Å². The average Bonchev–Trinajstić information content (AvgIpc) is 3.14. The van der Waals surface area contributed by atoms with Gasteiger partial charge in [0.25, 0.3) is 0 Å². The summed E-state index contributed by atoms with van der Waals surface area (Å²) in [5.74, 6) is -1.94. The van der Waals surface area contributed by atoms with Crippen molar-refractivity contribution in [3.63, 3.8) is 0 Å². The third-order valence-electron chi connectivity index (χ3n) is 5.54. The number of carboxylic acid groups (broad SMARTS) is 1. The van der Waals surface area contributed by atoms with E-state index in [4.69, 9.17) is 4.42 Å². The molecule has 4 rings (SSSR count). The Morgan fingerprint density at radius 3 is 2.42 bits per heavy atom. The summed E-state index contributed by atoms with van der Waals surface area (Å²) >= 11 is 0. The summed E-state index contributed by atoms with van der Waals surface area (Å²) in [6.07, 6.45) is 0.449. The van der Waals surface area contributed by atoms with Crippen LogP contribution in [0, 0.1) is 12.7 Å². The number of fused-ring (bicyclic) bond motifs is 1. The van der Waals surface area contributed by atoms with Crippen LogP contribution in [0.15, 0.2) is 82.1 Å². The number of hydrogen-bond acceptors (Lipinski definition) is 4. The number of sulfonamides is 1. The van der Waals surface area contributed by atoms with Gasteiger partial charge >= 0.3 is 5.97 Å². The lowest BCUT2D eigenvalue weighted by atomic mass is 10.1. The fraction of sp³-hybridized carbons (Fsp3) is 0.160. The number of halogens is 1. The molecule has 0 aliphatic rings. The number of carboxylic acids is 1. The van der Waals surface area contributed by atoms with Gasteiger partial charge in [0, 0.05) is 29.6 Å². The number of aryl methyl sites for hydroxylation is 1. The molecule has 1 N–H and O–H groups in total. The van der Waals surface area contributed by atoms with Crippen molar-refractivity contribution < 1.29 is 27.1 Å². The molecule has 0 radical (unpaired) electrons. The maximum Gasteiger partial charge on any atom is 0.372 e. The van der Waals surface area contributed by atoms with E-state index in [0.717, 1.165) is 5.56 Å². The predicted octanol–water partition coefficient (Wildman–Crippen LogP) is 5.01. The van der Waals surface area contributed by atoms with E-state index in [2.05, 4.69) is 0 Å². The van der Waals surface area contributed by atoms with E-state index in [1.807, 2.05) is 30.3 Å². The largest absolute Gasteiger partial charge is 0.475 e. The predicted molar refractivity (Wildman–Crippen MR) is 122 cm³/mol. The second kappa shape index (κ2) is 9.17. The van der Waals surface area contributed by atoms with Gasteiger partial charge in [-0.15, -0.1) is 0 Å². The molecule has 4 aromatic rings. The normalized spacial score (nSPS) is 11.8. The van der Waals surface area contributed by atoms with Gasteiger partial charge in [-0.05, 0) is 43.2 Å². The second-order valence-corrected chi connectivity index (χ2v) is 9.62. The zero-order valence-corrected chi connectivity index (χ0v) is 18.7. The Labute approximate surface area is 190 Å². The van der Waals surface area contributed by atoms with E-state index < -0.39 is 21.8 Å². The number of nitrogens with zero attached hydrogens (tertiary/aromatic N) is 1. The topological polar surface area (TPSA) is 87.8 Å². The van der Waals surface area contributed by atoms with Crippen molar-refractivity contribution in [2.45, 2.75) is 24.8 Å². The van der Waals surface area contributed by atoms with Crippen LogP contribution in [0.25, 0.3) is 11.0 Å². The second-order valence-electron chi connectivity index (χ2n) is 7.68. The first kappa shape index (κ1) is 22.7. The molecule has 0 atom stereocenters. The maximum absolute atomic E-state index is 14.4. The highest BCUT2D eigenvalue weighted by atomic mass is 32.2. The zero-order chi connectivity index (χ0) is 23.6. The van der Waals surface area contributed by atoms with Crippen molar-refractivity contribution in [3.8, 4) is 0 Å². The Morgan fingerprint density at radius 1 is 1.03 bits per heavy atom. The molecule has 3 aromatic carbocycles. The Hall–Kier alpha value is -3.49. The van der Waals surface area contributed by atoms with Gasteiger partial charge in [-0.1, -0.05) is 48.5 Å². The Bertz CT molecular complexity index is 1410. The van der Waals surface area contributed by atoms with Crippen molar-refractivity contribution >= 4 is 27.0 Å². The Balaban J connectivity index is 1.73. The van der Waals surface area contributed by atoms with Crippen LogP contribution in [-0.4, -0.2) is 30.3 Å². The van der Waals surface area contributed by atoms with Crippen LogP contribution in [0.5, 0.6) is 0 Å². The van der Waals surface area contributed by atoms with Crippen molar-refractivity contribution in [1.29, 1.82) is 0 Å². The summed E-state index contributed by atoms with van der Waals surface area (Å²) in [6.45, 7) is 1.58. The van der Waals surface area contributed by atoms with Gasteiger partial charge in [0.05, 0.1) is 4.90 Å². The zero-order valence-electron chi connectivity index (χ0n) is 17.9. The summed E-state index contributed by atoms with van der Waals surface area (Å²) in [5.41, 5.74) is 1.86. The third-order valence-corrected chi connectivity index (χ3v) is 7.38. The molecule has 1 aromatic heterocycles. The van der Waals surface area contributed by atoms with Crippen molar-refractivity contribution in [2.75, 3.05) is 6.54 Å². The smallest absolute Gasteiger partial charge is 0.372 e. The van der Waals surface area contributed by atoms with Gasteiger partial charge in [0.1, 0.15) is 11.4 Å². The lowest BCUT2D eigenvalue weighted by Gasteiger charge is -2.23. The van der Waals surface area contributed by atoms with E-state index in [0.29, 0.717) is 17.4 Å². The third kappa shape index (κ3) is 4.67. The number of hydrogen-bond donors (Lipinski definition) is 1. The highest BCUT2D eigenvalue weighted by Gasteiger charge is 2.27. The molecule has 33 heavy (non-hydrogen) atoms. The van der Waals surface area contributed by atoms with E-state index in [1.54, 1.807) is 25.1 Å². The van der Waals surface area contributed by atoms with Crippen LogP contribution in [0.4, 0.5) is 4.39 Å². The molecule has 0 unspecified atom stereocenters. The lowest BCUT2D eigenvalue weighted by Crippen LogP contribution is -2.33. The standard InChI is InChI=1S/C25H22FNO5S/c1-17-21-15-20(11-12-23(21)32-24(17)25(28)29)33(30,31)27(14-13-18-7-3-2-4-8-18)16-19-9-5-6-10-22(19)26/h2-12,15H,13-14,16H2,1H3,(H,28,29). The molecule has 0 fully saturated rings. The van der Waals surface area contributed by atoms with Crippen LogP contribution in [0.3, 0.4) is 0 Å². The minimum Gasteiger partial charge on any atom is -0.475 e. The summed E-state index contributed by atoms with van der Waals surface area (Å²) < 4.78 is 48.2. The summed E-state index contributed by atoms with van der Waals surface area (Å²) in [7, 11) is -4.03. The van der Waals surface area contributed by atoms with Gasteiger partial charge in [-0.25, -0.2) is 17.6 Å². The van der Waals surface area contributed by atoms with Crippen LogP contribution >= 0.6 is 0 Å². The van der Waals surface area contributed by atoms with Gasteiger partial charge in [0.2, 0.25) is 15.8 Å². The molecule has 0 spiro atoms. The Kier molecular flexibility index (Phi) is 6.31. The lowest BCUT2D eigenvalue weighted by molar-refractivity contribution is 0.0664. The molecular weight excluding hydrogens is 445 g/mol. The molecule has 0 aliphatic heterocycles. The molecule has 0 bridgehead atoms. The molecule has 170 valence electrons. The molecule has 0 amide bonds. The Morgan fingerprint density at radius 2 is 1.73 bits per heavy atom. The average molecular weight is 468 g/mol. The highest BCUT2D eigenvalue weighted by Crippen LogP contribution is 2.29. The fourth-order valence-corrected chi connectivity index (χ4v) is 5.16. The molecule has 1 heterocycles. The van der Waals surface area contributed by atoms with Crippen LogP contribution < -0.4 is 0 Å². The number of benzene rings is 3. The van der Waals surface area contributed by atoms with Crippen LogP contribution in [-0.2, 0) is 23.0 Å². The number of rotatable bonds is 8. The van der Waals surface area contributed by atoms with E-state index in [9.17, 15) is 22.7 Å². The van der Waals surface area contributed by atoms with E-state index >= 15 is 0 Å². The number of aromatic carboxylic acids is 1. The summed E-state index contributed by atoms with van der Waals surface area (Å²) in [6, 6.07) is 19.7. The first-order valence-electron chi connectivity index (χ1n) is 10.3.